The quantitative estimate of drug-likeness (QED) is 0.368. The van der Waals surface area contributed by atoms with E-state index in [4.69, 9.17) is 0 Å². The fourth-order valence-corrected chi connectivity index (χ4v) is 7.31. The van der Waals surface area contributed by atoms with Crippen molar-refractivity contribution in [3.63, 3.8) is 0 Å². The van der Waals surface area contributed by atoms with Crippen LogP contribution in [0.15, 0.2) is 46.1 Å². The lowest BCUT2D eigenvalue weighted by Crippen LogP contribution is -2.50. The van der Waals surface area contributed by atoms with Crippen LogP contribution >= 0.6 is 0 Å². The van der Waals surface area contributed by atoms with Crippen molar-refractivity contribution in [3.8, 4) is 0 Å². The van der Waals surface area contributed by atoms with E-state index in [1.54, 1.807) is 18.3 Å². The Kier molecular flexibility index (Phi) is 4.96. The van der Waals surface area contributed by atoms with Crippen LogP contribution in [-0.4, -0.2) is 23.1 Å². The minimum Gasteiger partial charge on any atom is -0.393 e. The zero-order valence-corrected chi connectivity index (χ0v) is 18.1. The van der Waals surface area contributed by atoms with E-state index >= 15 is 0 Å². The molecule has 3 saturated carbocycles. The van der Waals surface area contributed by atoms with E-state index in [-0.39, 0.29) is 22.8 Å². The summed E-state index contributed by atoms with van der Waals surface area (Å²) in [6.45, 7) is 4.89. The van der Waals surface area contributed by atoms with Crippen LogP contribution in [0.2, 0.25) is 0 Å². The van der Waals surface area contributed by atoms with Crippen molar-refractivity contribution < 1.29 is 9.50 Å². The van der Waals surface area contributed by atoms with Crippen molar-refractivity contribution >= 4 is 11.9 Å². The maximum Gasteiger partial charge on any atom is 0.123 e. The number of aliphatic hydroxyl groups excluding tert-OH is 1. The van der Waals surface area contributed by atoms with E-state index in [2.05, 4.69) is 30.1 Å². The predicted octanol–water partition coefficient (Wildman–Crippen LogP) is 5.92. The summed E-state index contributed by atoms with van der Waals surface area (Å²) in [4.78, 5) is 0. The van der Waals surface area contributed by atoms with Crippen LogP contribution in [0.25, 0.3) is 0 Å². The number of benzene rings is 1. The zero-order chi connectivity index (χ0) is 20.9. The molecule has 0 aromatic heterocycles. The smallest absolute Gasteiger partial charge is 0.123 e. The number of aliphatic hydroxyl groups is 1. The molecule has 0 heterocycles. The van der Waals surface area contributed by atoms with E-state index in [0.717, 1.165) is 49.5 Å². The van der Waals surface area contributed by atoms with Crippen molar-refractivity contribution in [3.05, 3.63) is 47.3 Å². The molecule has 3 fully saturated rings. The second-order valence-corrected chi connectivity index (χ2v) is 10.5. The van der Waals surface area contributed by atoms with Crippen LogP contribution in [0.4, 0.5) is 4.39 Å². The molecule has 0 unspecified atom stereocenters. The highest BCUT2D eigenvalue weighted by atomic mass is 19.1. The van der Waals surface area contributed by atoms with Crippen LogP contribution in [0.5, 0.6) is 0 Å². The summed E-state index contributed by atoms with van der Waals surface area (Å²) in [5.74, 6) is 1.91. The molecule has 0 saturated heterocycles. The summed E-state index contributed by atoms with van der Waals surface area (Å²) < 4.78 is 13.1. The first-order valence-corrected chi connectivity index (χ1v) is 11.6. The Morgan fingerprint density at radius 1 is 1.03 bits per heavy atom. The Bertz CT molecular complexity index is 904. The summed E-state index contributed by atoms with van der Waals surface area (Å²) in [7, 11) is 0. The first kappa shape index (κ1) is 20.1. The highest BCUT2D eigenvalue weighted by Gasteiger charge is 2.57. The van der Waals surface area contributed by atoms with Crippen LogP contribution in [0, 0.1) is 34.4 Å². The van der Waals surface area contributed by atoms with Gasteiger partial charge in [0.25, 0.3) is 0 Å². The van der Waals surface area contributed by atoms with Gasteiger partial charge >= 0.3 is 0 Å². The van der Waals surface area contributed by atoms with Gasteiger partial charge in [-0.1, -0.05) is 37.6 Å². The van der Waals surface area contributed by atoms with Crippen LogP contribution in [0.3, 0.4) is 0 Å². The molecule has 160 valence electrons. The highest BCUT2D eigenvalue weighted by Crippen LogP contribution is 2.64. The number of fused-ring (bicyclic) bond motifs is 5. The van der Waals surface area contributed by atoms with Crippen LogP contribution < -0.4 is 0 Å². The topological polar surface area (TPSA) is 45.0 Å². The van der Waals surface area contributed by atoms with Crippen molar-refractivity contribution in [2.45, 2.75) is 71.3 Å². The van der Waals surface area contributed by atoms with E-state index in [9.17, 15) is 9.50 Å². The van der Waals surface area contributed by atoms with Gasteiger partial charge in [0.05, 0.1) is 12.3 Å². The average Bonchev–Trinajstić information content (AvgIpc) is 3.06. The second kappa shape index (κ2) is 7.40. The largest absolute Gasteiger partial charge is 0.393 e. The molecule has 1 N–H and O–H groups in total. The SMILES string of the molecule is C[C@]12CC[C@@H](O)CC1=CC[C@@H]1[C@@H]2CC[C@]2(C)/C(=N\N=C/c3ccc(F)cc3)CC[C@@H]12. The van der Waals surface area contributed by atoms with Gasteiger partial charge in [-0.05, 0) is 92.2 Å². The first-order chi connectivity index (χ1) is 14.4. The Balaban J connectivity index is 1.37. The van der Waals surface area contributed by atoms with Crippen LogP contribution in [0.1, 0.15) is 70.8 Å². The van der Waals surface area contributed by atoms with Gasteiger partial charge in [0.2, 0.25) is 0 Å². The highest BCUT2D eigenvalue weighted by molar-refractivity contribution is 5.93. The summed E-state index contributed by atoms with van der Waals surface area (Å²) in [6, 6.07) is 6.38. The molecular formula is C26H33FN2O. The maximum atomic E-state index is 13.1. The van der Waals surface area contributed by atoms with Crippen molar-refractivity contribution in [1.29, 1.82) is 0 Å². The van der Waals surface area contributed by atoms with E-state index in [1.807, 2.05) is 0 Å². The molecule has 5 rings (SSSR count). The van der Waals surface area contributed by atoms with Crippen molar-refractivity contribution in [2.75, 3.05) is 0 Å². The molecule has 0 spiro atoms. The third-order valence-electron chi connectivity index (χ3n) is 9.07. The Morgan fingerprint density at radius 3 is 2.57 bits per heavy atom. The van der Waals surface area contributed by atoms with Gasteiger partial charge in [0, 0.05) is 11.1 Å². The van der Waals surface area contributed by atoms with Gasteiger partial charge in [-0.25, -0.2) is 4.39 Å². The normalized spacial score (nSPS) is 42.0. The van der Waals surface area contributed by atoms with Crippen LogP contribution in [-0.2, 0) is 0 Å². The number of halogens is 1. The van der Waals surface area contributed by atoms with Crippen molar-refractivity contribution in [1.82, 2.24) is 0 Å². The fraction of sp³-hybridized carbons (Fsp3) is 0.615. The molecule has 6 atom stereocenters. The van der Waals surface area contributed by atoms with Gasteiger partial charge in [0.1, 0.15) is 5.82 Å². The Labute approximate surface area is 179 Å². The molecule has 3 nitrogen and oxygen atoms in total. The zero-order valence-electron chi connectivity index (χ0n) is 18.1. The Morgan fingerprint density at radius 2 is 1.77 bits per heavy atom. The third-order valence-corrected chi connectivity index (χ3v) is 9.07. The lowest BCUT2D eigenvalue weighted by Gasteiger charge is -2.57. The van der Waals surface area contributed by atoms with E-state index in [1.165, 1.54) is 42.7 Å². The average molecular weight is 409 g/mol. The lowest BCUT2D eigenvalue weighted by molar-refractivity contribution is -0.0209. The molecular weight excluding hydrogens is 375 g/mol. The third kappa shape index (κ3) is 3.19. The fourth-order valence-electron chi connectivity index (χ4n) is 7.31. The Hall–Kier alpha value is -1.81. The number of hydrogen-bond acceptors (Lipinski definition) is 3. The molecule has 4 heteroatoms. The number of hydrogen-bond donors (Lipinski definition) is 1. The molecule has 4 aliphatic carbocycles. The first-order valence-electron chi connectivity index (χ1n) is 11.6. The van der Waals surface area contributed by atoms with Crippen molar-refractivity contribution in [2.24, 2.45) is 38.8 Å². The molecule has 1 aromatic carbocycles. The number of nitrogens with zero attached hydrogens (tertiary/aromatic N) is 2. The molecule has 0 aliphatic heterocycles. The predicted molar refractivity (Wildman–Crippen MR) is 119 cm³/mol. The second-order valence-electron chi connectivity index (χ2n) is 10.5. The van der Waals surface area contributed by atoms with Gasteiger partial charge in [0.15, 0.2) is 0 Å². The summed E-state index contributed by atoms with van der Waals surface area (Å²) in [5.41, 5.74) is 4.09. The molecule has 0 amide bonds. The van der Waals surface area contributed by atoms with Gasteiger partial charge < -0.3 is 5.11 Å². The molecule has 4 aliphatic rings. The molecule has 0 radical (unpaired) electrons. The summed E-state index contributed by atoms with van der Waals surface area (Å²) in [5, 5.41) is 19.2. The lowest BCUT2D eigenvalue weighted by atomic mass is 9.48. The summed E-state index contributed by atoms with van der Waals surface area (Å²) >= 11 is 0. The van der Waals surface area contributed by atoms with Gasteiger partial charge in [-0.2, -0.15) is 10.2 Å². The number of rotatable bonds is 2. The number of allylic oxidation sites excluding steroid dienone is 1. The molecule has 1 aromatic rings. The van der Waals surface area contributed by atoms with E-state index < -0.39 is 0 Å². The monoisotopic (exact) mass is 408 g/mol. The van der Waals surface area contributed by atoms with E-state index in [0.29, 0.717) is 5.92 Å². The minimum absolute atomic E-state index is 0.140. The molecule has 30 heavy (non-hydrogen) atoms. The molecule has 0 bridgehead atoms. The minimum atomic E-state index is -0.229. The standard InChI is InChI=1S/C26H33FN2O/c1-25-13-11-20(30)15-18(25)5-8-21-22-9-10-24(26(22,2)14-12-23(21)25)29-28-16-17-3-6-19(27)7-4-17/h3-7,16,20-23,30H,8-15H2,1-2H3/b28-16-,29-24-/t20-,21+,22+,23+,25+,26+/m1/s1. The van der Waals surface area contributed by atoms with Gasteiger partial charge in [-0.15, -0.1) is 0 Å². The summed E-state index contributed by atoms with van der Waals surface area (Å²) in [6.07, 6.45) is 12.9. The van der Waals surface area contributed by atoms with Gasteiger partial charge in [-0.3, -0.25) is 0 Å². The maximum absolute atomic E-state index is 13.1.